The quantitative estimate of drug-likeness (QED) is 0.758. The molecule has 2 atom stereocenters. The van der Waals surface area contributed by atoms with E-state index in [2.05, 4.69) is 34.9 Å². The van der Waals surface area contributed by atoms with Gasteiger partial charge in [-0.15, -0.1) is 24.8 Å². The van der Waals surface area contributed by atoms with E-state index in [-0.39, 0.29) is 42.8 Å². The molecule has 1 heterocycles. The predicted molar refractivity (Wildman–Crippen MR) is 116 cm³/mol. The van der Waals surface area contributed by atoms with Crippen molar-refractivity contribution in [2.45, 2.75) is 18.5 Å². The van der Waals surface area contributed by atoms with Crippen LogP contribution in [-0.2, 0) is 11.2 Å². The van der Waals surface area contributed by atoms with Gasteiger partial charge in [0.15, 0.2) is 0 Å². The van der Waals surface area contributed by atoms with E-state index >= 15 is 0 Å². The number of hydrogen-bond acceptors (Lipinski definition) is 3. The van der Waals surface area contributed by atoms with Gasteiger partial charge in [-0.3, -0.25) is 9.69 Å². The first-order chi connectivity index (χ1) is 12.1. The largest absolute Gasteiger partial charge is 0.353 e. The van der Waals surface area contributed by atoms with E-state index in [1.165, 1.54) is 11.1 Å². The lowest BCUT2D eigenvalue weighted by Gasteiger charge is -2.29. The first-order valence-corrected chi connectivity index (χ1v) is 8.95. The highest BCUT2D eigenvalue weighted by molar-refractivity contribution is 6.30. The Balaban J connectivity index is 0.00000182. The van der Waals surface area contributed by atoms with Gasteiger partial charge < -0.3 is 10.6 Å². The smallest absolute Gasteiger partial charge is 0.242 e. The van der Waals surface area contributed by atoms with Gasteiger partial charge in [-0.1, -0.05) is 48.0 Å². The third kappa shape index (κ3) is 5.84. The van der Waals surface area contributed by atoms with Crippen molar-refractivity contribution in [3.63, 3.8) is 0 Å². The first-order valence-electron chi connectivity index (χ1n) is 8.57. The minimum atomic E-state index is -0.363. The summed E-state index contributed by atoms with van der Waals surface area (Å²) >= 11 is 6.09. The van der Waals surface area contributed by atoms with Gasteiger partial charge in [-0.25, -0.2) is 0 Å². The van der Waals surface area contributed by atoms with Gasteiger partial charge >= 0.3 is 0 Å². The van der Waals surface area contributed by atoms with Crippen molar-refractivity contribution in [1.82, 2.24) is 15.5 Å². The van der Waals surface area contributed by atoms with Crippen LogP contribution in [0.2, 0.25) is 5.02 Å². The number of hydrogen-bond donors (Lipinski definition) is 2. The van der Waals surface area contributed by atoms with Crippen LogP contribution in [0.4, 0.5) is 0 Å². The summed E-state index contributed by atoms with van der Waals surface area (Å²) in [4.78, 5) is 14.7. The van der Waals surface area contributed by atoms with Gasteiger partial charge in [0.25, 0.3) is 0 Å². The zero-order valence-corrected chi connectivity index (χ0v) is 17.8. The van der Waals surface area contributed by atoms with Gasteiger partial charge in [0, 0.05) is 17.6 Å². The third-order valence-electron chi connectivity index (χ3n) is 4.63. The van der Waals surface area contributed by atoms with Crippen LogP contribution in [0.3, 0.4) is 0 Å². The van der Waals surface area contributed by atoms with Crippen molar-refractivity contribution >= 4 is 42.3 Å². The lowest BCUT2D eigenvalue weighted by molar-refractivity contribution is -0.125. The molecule has 0 aromatic heterocycles. The molecule has 0 spiro atoms. The number of amides is 1. The monoisotopic (exact) mass is 429 g/mol. The van der Waals surface area contributed by atoms with E-state index < -0.39 is 0 Å². The number of benzene rings is 2. The molecule has 2 unspecified atom stereocenters. The minimum Gasteiger partial charge on any atom is -0.353 e. The topological polar surface area (TPSA) is 44.4 Å². The van der Waals surface area contributed by atoms with Crippen molar-refractivity contribution in [3.05, 3.63) is 70.2 Å². The van der Waals surface area contributed by atoms with Crippen LogP contribution >= 0.6 is 36.4 Å². The summed E-state index contributed by atoms with van der Waals surface area (Å²) in [6, 6.07) is 15.7. The third-order valence-corrected chi connectivity index (χ3v) is 4.86. The highest BCUT2D eigenvalue weighted by Gasteiger charge is 2.25. The highest BCUT2D eigenvalue weighted by atomic mass is 35.5. The van der Waals surface area contributed by atoms with Gasteiger partial charge in [0.2, 0.25) is 5.91 Å². The second-order valence-corrected chi connectivity index (χ2v) is 7.06. The average Bonchev–Trinajstić information content (AvgIpc) is 2.60. The number of nitrogens with zero attached hydrogens (tertiary/aromatic N) is 1. The number of carbonyl (C=O) groups is 1. The number of fused-ring (bicyclic) bond motifs is 1. The van der Waals surface area contributed by atoms with E-state index in [4.69, 9.17) is 11.6 Å². The van der Waals surface area contributed by atoms with Gasteiger partial charge in [-0.2, -0.15) is 0 Å². The Morgan fingerprint density at radius 3 is 2.67 bits per heavy atom. The van der Waals surface area contributed by atoms with Crippen LogP contribution in [0.15, 0.2) is 48.5 Å². The van der Waals surface area contributed by atoms with Crippen LogP contribution in [0.5, 0.6) is 0 Å². The Morgan fingerprint density at radius 1 is 1.22 bits per heavy atom. The number of halogens is 3. The predicted octanol–water partition coefficient (Wildman–Crippen LogP) is 3.79. The van der Waals surface area contributed by atoms with Crippen molar-refractivity contribution < 1.29 is 4.79 Å². The summed E-state index contributed by atoms with van der Waals surface area (Å²) in [5.74, 6) is -0.0166. The van der Waals surface area contributed by atoms with Gasteiger partial charge in [0.1, 0.15) is 6.04 Å². The number of likely N-dealkylation sites (N-methyl/N-ethyl adjacent to an activating group) is 1. The fourth-order valence-corrected chi connectivity index (χ4v) is 3.63. The molecule has 1 amide bonds. The van der Waals surface area contributed by atoms with Crippen LogP contribution in [-0.4, -0.2) is 38.0 Å². The maximum absolute atomic E-state index is 12.8. The molecule has 2 aromatic carbocycles. The second-order valence-electron chi connectivity index (χ2n) is 6.62. The lowest BCUT2D eigenvalue weighted by atomic mass is 9.94. The number of rotatable bonds is 5. The fourth-order valence-electron chi connectivity index (χ4n) is 3.43. The fraction of sp³-hybridized carbons (Fsp3) is 0.350. The molecule has 0 radical (unpaired) electrons. The summed E-state index contributed by atoms with van der Waals surface area (Å²) in [6.45, 7) is 1.50. The van der Waals surface area contributed by atoms with E-state index in [9.17, 15) is 4.79 Å². The molecule has 1 aliphatic heterocycles. The van der Waals surface area contributed by atoms with Crippen LogP contribution in [0.1, 0.15) is 28.8 Å². The van der Waals surface area contributed by atoms with Crippen LogP contribution in [0, 0.1) is 0 Å². The van der Waals surface area contributed by atoms with Crippen LogP contribution < -0.4 is 10.6 Å². The van der Waals surface area contributed by atoms with E-state index in [1.807, 2.05) is 43.3 Å². The average molecular weight is 431 g/mol. The summed E-state index contributed by atoms with van der Waals surface area (Å²) in [5.41, 5.74) is 3.53. The zero-order valence-electron chi connectivity index (χ0n) is 15.4. The summed E-state index contributed by atoms with van der Waals surface area (Å²) in [5, 5.41) is 7.24. The highest BCUT2D eigenvalue weighted by Crippen LogP contribution is 2.24. The molecule has 148 valence electrons. The minimum absolute atomic E-state index is 0. The summed E-state index contributed by atoms with van der Waals surface area (Å²) in [6.07, 6.45) is 1.03. The standard InChI is InChI=1S/C20H24ClN3O.2ClH/c1-24(2)19(15-7-5-8-16(21)12-15)20(25)23-13-18-17-9-4-3-6-14(17)10-11-22-18;;/h3-9,12,18-19,22H,10-11,13H2,1-2H3,(H,23,25);2*1H. The molecule has 7 heteroatoms. The molecule has 4 nitrogen and oxygen atoms in total. The lowest BCUT2D eigenvalue weighted by Crippen LogP contribution is -2.42. The molecule has 3 rings (SSSR count). The first kappa shape index (κ1) is 23.7. The Kier molecular flexibility index (Phi) is 9.57. The van der Waals surface area contributed by atoms with Crippen molar-refractivity contribution in [1.29, 1.82) is 0 Å². The maximum Gasteiger partial charge on any atom is 0.242 e. The molecule has 0 saturated heterocycles. The van der Waals surface area contributed by atoms with Crippen molar-refractivity contribution in [3.8, 4) is 0 Å². The molecular weight excluding hydrogens is 405 g/mol. The molecule has 0 bridgehead atoms. The SMILES string of the molecule is CN(C)C(C(=O)NCC1NCCc2ccccc21)c1cccc(Cl)c1.Cl.Cl. The second kappa shape index (κ2) is 10.9. The van der Waals surface area contributed by atoms with E-state index in [0.717, 1.165) is 18.5 Å². The summed E-state index contributed by atoms with van der Waals surface area (Å²) < 4.78 is 0. The zero-order chi connectivity index (χ0) is 17.8. The summed E-state index contributed by atoms with van der Waals surface area (Å²) in [7, 11) is 3.80. The molecule has 2 N–H and O–H groups in total. The van der Waals surface area contributed by atoms with Crippen LogP contribution in [0.25, 0.3) is 0 Å². The Hall–Kier alpha value is -1.30. The van der Waals surface area contributed by atoms with Crippen molar-refractivity contribution in [2.24, 2.45) is 0 Å². The molecule has 0 saturated carbocycles. The maximum atomic E-state index is 12.8. The van der Waals surface area contributed by atoms with Gasteiger partial charge in [-0.05, 0) is 55.9 Å². The molecular formula is C20H26Cl3N3O. The van der Waals surface area contributed by atoms with E-state index in [0.29, 0.717) is 11.6 Å². The molecule has 2 aromatic rings. The van der Waals surface area contributed by atoms with Crippen molar-refractivity contribution in [2.75, 3.05) is 27.2 Å². The normalized spacial score (nSPS) is 16.5. The number of carbonyl (C=O) groups excluding carboxylic acids is 1. The molecule has 0 aliphatic carbocycles. The Bertz CT molecular complexity index is 755. The molecule has 27 heavy (non-hydrogen) atoms. The van der Waals surface area contributed by atoms with E-state index in [1.54, 1.807) is 0 Å². The Morgan fingerprint density at radius 2 is 1.96 bits per heavy atom. The number of nitrogens with one attached hydrogen (secondary N) is 2. The van der Waals surface area contributed by atoms with Gasteiger partial charge in [0.05, 0.1) is 0 Å². The molecule has 0 fully saturated rings. The Labute approximate surface area is 178 Å². The molecule has 1 aliphatic rings.